The van der Waals surface area contributed by atoms with Crippen molar-refractivity contribution < 1.29 is 0 Å². The van der Waals surface area contributed by atoms with E-state index in [4.69, 9.17) is 0 Å². The highest BCUT2D eigenvalue weighted by atomic mass is 15.1. The number of nitrogens with zero attached hydrogens (tertiary/aromatic N) is 1. The molecule has 2 heteroatoms. The predicted molar refractivity (Wildman–Crippen MR) is 76.4 cm³/mol. The van der Waals surface area contributed by atoms with E-state index in [1.54, 1.807) is 0 Å². The Balaban J connectivity index is 2.54. The van der Waals surface area contributed by atoms with Crippen LogP contribution in [-0.2, 0) is 0 Å². The quantitative estimate of drug-likeness (QED) is 0.735. The van der Waals surface area contributed by atoms with Gasteiger partial charge in [0.15, 0.2) is 0 Å². The Morgan fingerprint density at radius 2 is 1.76 bits per heavy atom. The minimum atomic E-state index is 0.476. The average molecular weight is 240 g/mol. The Labute approximate surface area is 108 Å². The summed E-state index contributed by atoms with van der Waals surface area (Å²) in [5.41, 5.74) is 0.476. The van der Waals surface area contributed by atoms with E-state index in [0.717, 1.165) is 5.92 Å². The topological polar surface area (TPSA) is 15.3 Å². The van der Waals surface area contributed by atoms with E-state index < -0.39 is 0 Å². The van der Waals surface area contributed by atoms with E-state index in [1.807, 2.05) is 0 Å². The van der Waals surface area contributed by atoms with E-state index in [-0.39, 0.29) is 0 Å². The highest BCUT2D eigenvalue weighted by Crippen LogP contribution is 2.41. The summed E-state index contributed by atoms with van der Waals surface area (Å²) in [6.45, 7) is 13.2. The molecular weight excluding hydrogens is 208 g/mol. The third kappa shape index (κ3) is 3.96. The maximum Gasteiger partial charge on any atom is 0.0156 e. The molecule has 1 saturated carbocycles. The highest BCUT2D eigenvalue weighted by molar-refractivity contribution is 4.96. The fourth-order valence-corrected chi connectivity index (χ4v) is 3.60. The van der Waals surface area contributed by atoms with Gasteiger partial charge in [-0.05, 0) is 57.2 Å². The van der Waals surface area contributed by atoms with Gasteiger partial charge in [-0.15, -0.1) is 0 Å². The summed E-state index contributed by atoms with van der Waals surface area (Å²) in [6.07, 6.45) is 5.32. The van der Waals surface area contributed by atoms with Gasteiger partial charge in [0.05, 0.1) is 0 Å². The van der Waals surface area contributed by atoms with Gasteiger partial charge in [0.1, 0.15) is 0 Å². The van der Waals surface area contributed by atoms with Gasteiger partial charge in [-0.3, -0.25) is 0 Å². The summed E-state index contributed by atoms with van der Waals surface area (Å²) < 4.78 is 0. The molecule has 0 saturated heterocycles. The molecule has 1 aliphatic carbocycles. The van der Waals surface area contributed by atoms with Gasteiger partial charge in [0, 0.05) is 12.6 Å². The van der Waals surface area contributed by atoms with Gasteiger partial charge >= 0.3 is 0 Å². The monoisotopic (exact) mass is 240 g/mol. The molecule has 1 N–H and O–H groups in total. The van der Waals surface area contributed by atoms with Crippen LogP contribution in [0, 0.1) is 11.3 Å². The molecule has 0 radical (unpaired) electrons. The summed E-state index contributed by atoms with van der Waals surface area (Å²) in [5, 5.41) is 3.57. The van der Waals surface area contributed by atoms with Crippen molar-refractivity contribution in [3.63, 3.8) is 0 Å². The number of hydrogen-bond donors (Lipinski definition) is 1. The van der Waals surface area contributed by atoms with Crippen LogP contribution in [0.1, 0.15) is 53.4 Å². The standard InChI is InChI=1S/C15H32N2/c1-6-10-17(11-7-2)12-13-8-9-15(3,4)14(13)16-5/h13-14,16H,6-12H2,1-5H3. The van der Waals surface area contributed by atoms with Crippen LogP contribution in [0.25, 0.3) is 0 Å². The average Bonchev–Trinajstić information content (AvgIpc) is 2.54. The first-order chi connectivity index (χ1) is 8.05. The minimum absolute atomic E-state index is 0.476. The van der Waals surface area contributed by atoms with Crippen molar-refractivity contribution >= 4 is 0 Å². The lowest BCUT2D eigenvalue weighted by Gasteiger charge is -2.33. The molecule has 0 heterocycles. The molecule has 2 nitrogen and oxygen atoms in total. The molecule has 1 aliphatic rings. The predicted octanol–water partition coefficient (Wildman–Crippen LogP) is 3.13. The zero-order valence-electron chi connectivity index (χ0n) is 12.6. The zero-order valence-corrected chi connectivity index (χ0v) is 12.6. The first-order valence-corrected chi connectivity index (χ1v) is 7.44. The minimum Gasteiger partial charge on any atom is -0.316 e. The van der Waals surface area contributed by atoms with Crippen molar-refractivity contribution in [2.45, 2.75) is 59.4 Å². The van der Waals surface area contributed by atoms with Gasteiger partial charge in [-0.25, -0.2) is 0 Å². The van der Waals surface area contributed by atoms with Gasteiger partial charge in [0.2, 0.25) is 0 Å². The molecule has 0 spiro atoms. The molecule has 0 aliphatic heterocycles. The molecule has 1 rings (SSSR count). The molecule has 0 aromatic heterocycles. The molecule has 2 unspecified atom stereocenters. The molecule has 2 atom stereocenters. The lowest BCUT2D eigenvalue weighted by atomic mass is 9.85. The Morgan fingerprint density at radius 1 is 1.18 bits per heavy atom. The van der Waals surface area contributed by atoms with Gasteiger partial charge in [0.25, 0.3) is 0 Å². The third-order valence-electron chi connectivity index (χ3n) is 4.36. The summed E-state index contributed by atoms with van der Waals surface area (Å²) in [4.78, 5) is 2.66. The van der Waals surface area contributed by atoms with Crippen LogP contribution in [0.15, 0.2) is 0 Å². The Morgan fingerprint density at radius 3 is 2.24 bits per heavy atom. The second-order valence-electron chi connectivity index (χ2n) is 6.35. The largest absolute Gasteiger partial charge is 0.316 e. The molecule has 1 fully saturated rings. The molecule has 0 aromatic rings. The van der Waals surface area contributed by atoms with Crippen LogP contribution in [0.3, 0.4) is 0 Å². The fraction of sp³-hybridized carbons (Fsp3) is 1.00. The molecule has 102 valence electrons. The van der Waals surface area contributed by atoms with E-state index >= 15 is 0 Å². The van der Waals surface area contributed by atoms with Crippen molar-refractivity contribution in [2.75, 3.05) is 26.7 Å². The number of rotatable bonds is 7. The highest BCUT2D eigenvalue weighted by Gasteiger charge is 2.41. The first-order valence-electron chi connectivity index (χ1n) is 7.44. The molecule has 0 aromatic carbocycles. The Bertz CT molecular complexity index is 207. The van der Waals surface area contributed by atoms with E-state index in [9.17, 15) is 0 Å². The lowest BCUT2D eigenvalue weighted by molar-refractivity contribution is 0.189. The number of hydrogen-bond acceptors (Lipinski definition) is 2. The molecule has 0 amide bonds. The number of nitrogens with one attached hydrogen (secondary N) is 1. The maximum atomic E-state index is 3.57. The van der Waals surface area contributed by atoms with Crippen molar-refractivity contribution in [2.24, 2.45) is 11.3 Å². The summed E-state index contributed by atoms with van der Waals surface area (Å²) in [5.74, 6) is 0.841. The van der Waals surface area contributed by atoms with Gasteiger partial charge in [-0.1, -0.05) is 27.7 Å². The van der Waals surface area contributed by atoms with Crippen LogP contribution < -0.4 is 5.32 Å². The Hall–Kier alpha value is -0.0800. The van der Waals surface area contributed by atoms with Crippen LogP contribution in [0.4, 0.5) is 0 Å². The van der Waals surface area contributed by atoms with Crippen molar-refractivity contribution in [3.8, 4) is 0 Å². The summed E-state index contributed by atoms with van der Waals surface area (Å²) in [6, 6.07) is 0.693. The van der Waals surface area contributed by atoms with Crippen LogP contribution in [-0.4, -0.2) is 37.6 Å². The zero-order chi connectivity index (χ0) is 12.9. The van der Waals surface area contributed by atoms with Crippen molar-refractivity contribution in [1.82, 2.24) is 10.2 Å². The maximum absolute atomic E-state index is 3.57. The summed E-state index contributed by atoms with van der Waals surface area (Å²) >= 11 is 0. The van der Waals surface area contributed by atoms with Gasteiger partial charge in [-0.2, -0.15) is 0 Å². The van der Waals surface area contributed by atoms with Crippen LogP contribution in [0.2, 0.25) is 0 Å². The van der Waals surface area contributed by atoms with E-state index in [2.05, 4.69) is 45.0 Å². The van der Waals surface area contributed by atoms with E-state index in [1.165, 1.54) is 45.3 Å². The fourth-order valence-electron chi connectivity index (χ4n) is 3.60. The Kier molecular flexibility index (Phi) is 5.94. The van der Waals surface area contributed by atoms with Crippen molar-refractivity contribution in [3.05, 3.63) is 0 Å². The lowest BCUT2D eigenvalue weighted by Crippen LogP contribution is -2.44. The second kappa shape index (κ2) is 6.75. The normalized spacial score (nSPS) is 27.9. The van der Waals surface area contributed by atoms with Gasteiger partial charge < -0.3 is 10.2 Å². The first kappa shape index (κ1) is 15.0. The summed E-state index contributed by atoms with van der Waals surface area (Å²) in [7, 11) is 2.13. The smallest absolute Gasteiger partial charge is 0.0156 e. The third-order valence-corrected chi connectivity index (χ3v) is 4.36. The second-order valence-corrected chi connectivity index (χ2v) is 6.35. The SMILES string of the molecule is CCCN(CCC)CC1CCC(C)(C)C1NC. The molecule has 17 heavy (non-hydrogen) atoms. The molecule has 0 bridgehead atoms. The van der Waals surface area contributed by atoms with Crippen molar-refractivity contribution in [1.29, 1.82) is 0 Å². The van der Waals surface area contributed by atoms with E-state index in [0.29, 0.717) is 11.5 Å². The van der Waals surface area contributed by atoms with Crippen LogP contribution >= 0.6 is 0 Å². The van der Waals surface area contributed by atoms with Crippen LogP contribution in [0.5, 0.6) is 0 Å². The molecular formula is C15H32N2.